The average molecular weight is 287 g/mol. The van der Waals surface area contributed by atoms with Crippen LogP contribution >= 0.6 is 11.3 Å². The van der Waals surface area contributed by atoms with E-state index in [2.05, 4.69) is 10.3 Å². The van der Waals surface area contributed by atoms with Crippen LogP contribution in [0.25, 0.3) is 4.96 Å². The number of phenolic OH excluding ortho intramolecular Hbond substituents is 1. The van der Waals surface area contributed by atoms with Crippen LogP contribution in [0.15, 0.2) is 46.8 Å². The van der Waals surface area contributed by atoms with Crippen molar-refractivity contribution in [3.05, 3.63) is 58.0 Å². The summed E-state index contributed by atoms with van der Waals surface area (Å²) in [6.45, 7) is 0. The van der Waals surface area contributed by atoms with Crippen LogP contribution in [0.1, 0.15) is 10.4 Å². The lowest BCUT2D eigenvalue weighted by Crippen LogP contribution is -2.25. The Hall–Kier alpha value is -2.67. The van der Waals surface area contributed by atoms with Gasteiger partial charge in [0.15, 0.2) is 4.96 Å². The van der Waals surface area contributed by atoms with Crippen molar-refractivity contribution >= 4 is 27.9 Å². The van der Waals surface area contributed by atoms with Crippen molar-refractivity contribution in [1.82, 2.24) is 9.38 Å². The topological polar surface area (TPSA) is 83.7 Å². The summed E-state index contributed by atoms with van der Waals surface area (Å²) >= 11 is 1.31. The lowest BCUT2D eigenvalue weighted by molar-refractivity contribution is 0.102. The molecule has 0 aliphatic carbocycles. The van der Waals surface area contributed by atoms with Gasteiger partial charge >= 0.3 is 0 Å². The van der Waals surface area contributed by atoms with Crippen LogP contribution in [0.2, 0.25) is 0 Å². The second kappa shape index (κ2) is 4.78. The Kier molecular flexibility index (Phi) is 2.96. The fourth-order valence-corrected chi connectivity index (χ4v) is 2.42. The van der Waals surface area contributed by atoms with Crippen molar-refractivity contribution in [3.8, 4) is 5.75 Å². The number of carbonyl (C=O) groups is 1. The lowest BCUT2D eigenvalue weighted by atomic mass is 10.2. The number of amides is 1. The zero-order valence-electron chi connectivity index (χ0n) is 10.1. The second-order valence-corrected chi connectivity index (χ2v) is 4.88. The minimum atomic E-state index is -0.607. The summed E-state index contributed by atoms with van der Waals surface area (Å²) in [6, 6.07) is 6.30. The Morgan fingerprint density at radius 1 is 1.35 bits per heavy atom. The third-order valence-electron chi connectivity index (χ3n) is 2.74. The molecule has 3 aromatic rings. The van der Waals surface area contributed by atoms with Gasteiger partial charge in [-0.3, -0.25) is 14.0 Å². The van der Waals surface area contributed by atoms with Gasteiger partial charge in [-0.15, -0.1) is 11.3 Å². The number of rotatable bonds is 2. The molecule has 20 heavy (non-hydrogen) atoms. The van der Waals surface area contributed by atoms with E-state index in [1.807, 2.05) is 0 Å². The Morgan fingerprint density at radius 2 is 2.15 bits per heavy atom. The number of aromatic hydroxyl groups is 1. The SMILES string of the molecule is O=C(Nc1ccccc1O)c1cnc2sccn2c1=O. The van der Waals surface area contributed by atoms with E-state index in [9.17, 15) is 14.7 Å². The van der Waals surface area contributed by atoms with Gasteiger partial charge in [-0.1, -0.05) is 12.1 Å². The van der Waals surface area contributed by atoms with Gasteiger partial charge in [0.2, 0.25) is 0 Å². The summed E-state index contributed by atoms with van der Waals surface area (Å²) in [6.07, 6.45) is 2.80. The number of benzene rings is 1. The van der Waals surface area contributed by atoms with Crippen molar-refractivity contribution in [2.45, 2.75) is 0 Å². The van der Waals surface area contributed by atoms with Crippen LogP contribution in [-0.2, 0) is 0 Å². The van der Waals surface area contributed by atoms with Crippen LogP contribution in [-0.4, -0.2) is 20.4 Å². The molecule has 0 fully saturated rings. The first-order valence-corrected chi connectivity index (χ1v) is 6.59. The van der Waals surface area contributed by atoms with Gasteiger partial charge in [0.05, 0.1) is 5.69 Å². The summed E-state index contributed by atoms with van der Waals surface area (Å²) in [5, 5.41) is 13.8. The average Bonchev–Trinajstić information content (AvgIpc) is 2.91. The standard InChI is InChI=1S/C13H9N3O3S/c17-10-4-2-1-3-9(10)15-11(18)8-7-14-13-16(12(8)19)5-6-20-13/h1-7,17H,(H,15,18). The van der Waals surface area contributed by atoms with Crippen molar-refractivity contribution in [1.29, 1.82) is 0 Å². The first-order chi connectivity index (χ1) is 9.66. The molecule has 1 aromatic carbocycles. The van der Waals surface area contributed by atoms with E-state index in [0.29, 0.717) is 4.96 Å². The number of aromatic nitrogens is 2. The quantitative estimate of drug-likeness (QED) is 0.703. The number of carbonyl (C=O) groups excluding carboxylic acids is 1. The van der Waals surface area contributed by atoms with E-state index in [-0.39, 0.29) is 17.0 Å². The van der Waals surface area contributed by atoms with E-state index in [1.165, 1.54) is 28.0 Å². The molecule has 6 nitrogen and oxygen atoms in total. The van der Waals surface area contributed by atoms with Gasteiger partial charge in [-0.2, -0.15) is 0 Å². The highest BCUT2D eigenvalue weighted by Gasteiger charge is 2.15. The van der Waals surface area contributed by atoms with Gasteiger partial charge in [0, 0.05) is 17.8 Å². The Morgan fingerprint density at radius 3 is 2.95 bits per heavy atom. The Bertz CT molecular complexity index is 853. The van der Waals surface area contributed by atoms with E-state index in [4.69, 9.17) is 0 Å². The first-order valence-electron chi connectivity index (χ1n) is 5.71. The van der Waals surface area contributed by atoms with Gasteiger partial charge in [-0.05, 0) is 12.1 Å². The van der Waals surface area contributed by atoms with E-state index in [1.54, 1.807) is 29.8 Å². The molecule has 0 spiro atoms. The third kappa shape index (κ3) is 2.04. The monoisotopic (exact) mass is 287 g/mol. The molecule has 0 atom stereocenters. The molecule has 0 saturated carbocycles. The number of hydrogen-bond donors (Lipinski definition) is 2. The van der Waals surface area contributed by atoms with Gasteiger partial charge < -0.3 is 10.4 Å². The Balaban J connectivity index is 1.99. The molecule has 2 N–H and O–H groups in total. The molecular formula is C13H9N3O3S. The lowest BCUT2D eigenvalue weighted by Gasteiger charge is -2.06. The number of para-hydroxylation sites is 2. The summed E-state index contributed by atoms with van der Waals surface area (Å²) in [5.41, 5.74) is -0.277. The summed E-state index contributed by atoms with van der Waals surface area (Å²) in [4.78, 5) is 28.8. The fourth-order valence-electron chi connectivity index (χ4n) is 1.75. The van der Waals surface area contributed by atoms with E-state index < -0.39 is 11.5 Å². The molecule has 3 rings (SSSR count). The molecule has 2 aromatic heterocycles. The minimum Gasteiger partial charge on any atom is -0.506 e. The van der Waals surface area contributed by atoms with Crippen molar-refractivity contribution in [3.63, 3.8) is 0 Å². The molecule has 7 heteroatoms. The second-order valence-electron chi connectivity index (χ2n) is 4.00. The molecule has 1 amide bonds. The number of phenols is 1. The van der Waals surface area contributed by atoms with E-state index >= 15 is 0 Å². The maximum Gasteiger partial charge on any atom is 0.271 e. The van der Waals surface area contributed by atoms with Gasteiger partial charge in [-0.25, -0.2) is 4.98 Å². The molecule has 100 valence electrons. The molecule has 0 unspecified atom stereocenters. The minimum absolute atomic E-state index is 0.0643. The highest BCUT2D eigenvalue weighted by molar-refractivity contribution is 7.15. The molecule has 0 aliphatic rings. The predicted molar refractivity (Wildman–Crippen MR) is 75.4 cm³/mol. The maximum atomic E-state index is 12.1. The van der Waals surface area contributed by atoms with Crippen molar-refractivity contribution in [2.24, 2.45) is 0 Å². The molecule has 0 radical (unpaired) electrons. The smallest absolute Gasteiger partial charge is 0.271 e. The number of hydrogen-bond acceptors (Lipinski definition) is 5. The van der Waals surface area contributed by atoms with Crippen LogP contribution in [0, 0.1) is 0 Å². The fraction of sp³-hybridized carbons (Fsp3) is 0. The zero-order chi connectivity index (χ0) is 14.1. The highest BCUT2D eigenvalue weighted by Crippen LogP contribution is 2.21. The third-order valence-corrected chi connectivity index (χ3v) is 3.51. The highest BCUT2D eigenvalue weighted by atomic mass is 32.1. The Labute approximate surface area is 117 Å². The molecule has 0 aliphatic heterocycles. The largest absolute Gasteiger partial charge is 0.506 e. The van der Waals surface area contributed by atoms with Crippen LogP contribution in [0.3, 0.4) is 0 Å². The number of nitrogens with zero attached hydrogens (tertiary/aromatic N) is 2. The number of nitrogens with one attached hydrogen (secondary N) is 1. The van der Waals surface area contributed by atoms with Gasteiger partial charge in [0.25, 0.3) is 11.5 Å². The molecule has 0 saturated heterocycles. The summed E-state index contributed by atoms with van der Waals surface area (Å²) in [5.74, 6) is -0.671. The normalized spacial score (nSPS) is 10.6. The molecule has 2 heterocycles. The first kappa shape index (κ1) is 12.4. The summed E-state index contributed by atoms with van der Waals surface area (Å²) in [7, 11) is 0. The number of fused-ring (bicyclic) bond motifs is 1. The van der Waals surface area contributed by atoms with Crippen LogP contribution < -0.4 is 10.9 Å². The van der Waals surface area contributed by atoms with Crippen molar-refractivity contribution < 1.29 is 9.90 Å². The summed E-state index contributed by atoms with van der Waals surface area (Å²) < 4.78 is 1.31. The predicted octanol–water partition coefficient (Wildman–Crippen LogP) is 1.71. The van der Waals surface area contributed by atoms with Crippen LogP contribution in [0.5, 0.6) is 5.75 Å². The van der Waals surface area contributed by atoms with E-state index in [0.717, 1.165) is 0 Å². The molecular weight excluding hydrogens is 278 g/mol. The van der Waals surface area contributed by atoms with Gasteiger partial charge in [0.1, 0.15) is 11.3 Å². The zero-order valence-corrected chi connectivity index (χ0v) is 10.9. The maximum absolute atomic E-state index is 12.1. The van der Waals surface area contributed by atoms with Crippen molar-refractivity contribution in [2.75, 3.05) is 5.32 Å². The van der Waals surface area contributed by atoms with Crippen LogP contribution in [0.4, 0.5) is 5.69 Å². The number of anilines is 1. The molecule has 0 bridgehead atoms. The number of thiazole rings is 1.